The van der Waals surface area contributed by atoms with E-state index in [1.54, 1.807) is 11.1 Å². The highest BCUT2D eigenvalue weighted by molar-refractivity contribution is 7.33. The van der Waals surface area contributed by atoms with E-state index in [1.807, 2.05) is 0 Å². The Morgan fingerprint density at radius 3 is 1.68 bits per heavy atom. The van der Waals surface area contributed by atoms with Gasteiger partial charge in [-0.15, -0.1) is 11.3 Å². The molecule has 0 fully saturated rings. The molecule has 4 heteroatoms. The molecule has 6 aromatic carbocycles. The summed E-state index contributed by atoms with van der Waals surface area (Å²) in [5, 5.41) is 1.42. The number of rotatable bonds is 2. The van der Waals surface area contributed by atoms with Crippen molar-refractivity contribution in [2.24, 2.45) is 0 Å². The second kappa shape index (κ2) is 14.6. The zero-order valence-corrected chi connectivity index (χ0v) is 47.3. The van der Waals surface area contributed by atoms with Crippen molar-refractivity contribution in [3.63, 3.8) is 0 Å². The fraction of sp³-hybridized carbons (Fsp3) is 0.441. The van der Waals surface area contributed by atoms with E-state index >= 15 is 0 Å². The minimum absolute atomic E-state index is 0.0644. The van der Waals surface area contributed by atoms with E-state index in [1.165, 1.54) is 154 Å². The second-order valence-electron chi connectivity index (χ2n) is 28.6. The fourth-order valence-electron chi connectivity index (χ4n) is 14.8. The Balaban J connectivity index is 1.15. The second-order valence-corrected chi connectivity index (χ2v) is 29.7. The molecule has 0 radical (unpaired) electrons. The first-order valence-corrected chi connectivity index (χ1v) is 28.4. The van der Waals surface area contributed by atoms with Gasteiger partial charge in [-0.3, -0.25) is 0 Å². The number of anilines is 6. The topological polar surface area (TPSA) is 6.48 Å². The number of hydrogen-bond acceptors (Lipinski definition) is 3. The molecule has 368 valence electrons. The molecule has 0 N–H and O–H groups in total. The molecule has 0 bridgehead atoms. The van der Waals surface area contributed by atoms with E-state index in [4.69, 9.17) is 0 Å². The van der Waals surface area contributed by atoms with Crippen LogP contribution >= 0.6 is 11.3 Å². The summed E-state index contributed by atoms with van der Waals surface area (Å²) in [5.41, 5.74) is 29.2. The van der Waals surface area contributed by atoms with Crippen molar-refractivity contribution < 1.29 is 0 Å². The van der Waals surface area contributed by atoms with Gasteiger partial charge in [-0.2, -0.15) is 0 Å². The van der Waals surface area contributed by atoms with E-state index in [9.17, 15) is 0 Å². The molecule has 7 aromatic rings. The standard InChI is InChI=1S/C68H77BN2S/c1-39-30-56-59-57(31-39)71(54-19-17-18-43-44-33-41(62(2,3)4)21-20-40(44)32-45(43)54)60-46-35-49-52(68(15,16)29-26-65(49,9)10)38-58(46)72-61(60)69(59)53-36-50-51(67(13,14)28-27-66(50,11)12)37-55(53)70(56)42-22-23-47-48(34-42)64(7,8)25-24-63(47,5)6/h17-23,30-31,33-38H,24-29,32H2,1-16H3. The number of aryl methyl sites for hydroxylation is 1. The minimum atomic E-state index is 0.0644. The van der Waals surface area contributed by atoms with Crippen molar-refractivity contribution in [3.05, 3.63) is 147 Å². The van der Waals surface area contributed by atoms with Gasteiger partial charge in [0.05, 0.1) is 11.4 Å². The van der Waals surface area contributed by atoms with Gasteiger partial charge in [-0.25, -0.2) is 0 Å². The third kappa shape index (κ3) is 6.51. The summed E-state index contributed by atoms with van der Waals surface area (Å²) in [6.45, 7) is 39.4. The predicted molar refractivity (Wildman–Crippen MR) is 313 cm³/mol. The van der Waals surface area contributed by atoms with Crippen molar-refractivity contribution in [2.45, 2.75) is 194 Å². The highest BCUT2D eigenvalue weighted by Gasteiger charge is 2.50. The van der Waals surface area contributed by atoms with Crippen LogP contribution in [0.1, 0.15) is 198 Å². The lowest BCUT2D eigenvalue weighted by molar-refractivity contribution is 0.332. The third-order valence-electron chi connectivity index (χ3n) is 19.9. The SMILES string of the molecule is Cc1cc2c3c(c1)N(c1cccc4c1Cc1ccc(C(C)(C)C)cc1-4)c1c(sc4cc5c(cc14)C(C)(C)CCC5(C)C)B3c1cc3c(cc1N2c1ccc2c(c1)C(C)(C)CCC2(C)C)C(C)(C)CCC3(C)C. The van der Waals surface area contributed by atoms with Gasteiger partial charge in [-0.1, -0.05) is 146 Å². The van der Waals surface area contributed by atoms with Gasteiger partial charge in [0.1, 0.15) is 0 Å². The van der Waals surface area contributed by atoms with Crippen LogP contribution in [0.3, 0.4) is 0 Å². The normalized spacial score (nSPS) is 20.7. The molecular formula is C68H77BN2S. The van der Waals surface area contributed by atoms with Gasteiger partial charge in [0.25, 0.3) is 6.71 Å². The number of benzene rings is 6. The number of hydrogen-bond donors (Lipinski definition) is 0. The molecule has 13 rings (SSSR count). The molecule has 4 aliphatic carbocycles. The molecule has 0 spiro atoms. The molecule has 0 unspecified atom stereocenters. The van der Waals surface area contributed by atoms with Crippen molar-refractivity contribution in [1.29, 1.82) is 0 Å². The van der Waals surface area contributed by atoms with Crippen LogP contribution < -0.4 is 25.5 Å². The zero-order chi connectivity index (χ0) is 50.8. The summed E-state index contributed by atoms with van der Waals surface area (Å²) in [4.78, 5) is 5.54. The maximum atomic E-state index is 2.80. The van der Waals surface area contributed by atoms with Crippen LogP contribution in [-0.2, 0) is 44.3 Å². The molecule has 2 nitrogen and oxygen atoms in total. The Morgan fingerprint density at radius 2 is 1.06 bits per heavy atom. The van der Waals surface area contributed by atoms with Crippen molar-refractivity contribution in [3.8, 4) is 11.1 Å². The first kappa shape index (κ1) is 46.7. The average Bonchev–Trinajstić information content (AvgIpc) is 3.88. The van der Waals surface area contributed by atoms with E-state index in [-0.39, 0.29) is 44.6 Å². The Hall–Kier alpha value is -5.06. The van der Waals surface area contributed by atoms with Crippen LogP contribution in [0.4, 0.5) is 34.1 Å². The average molecular weight is 965 g/mol. The lowest BCUT2D eigenvalue weighted by atomic mass is 9.35. The molecule has 3 heterocycles. The van der Waals surface area contributed by atoms with E-state index in [2.05, 4.69) is 223 Å². The van der Waals surface area contributed by atoms with Gasteiger partial charge in [0, 0.05) is 44.0 Å². The molecule has 2 aliphatic heterocycles. The minimum Gasteiger partial charge on any atom is -0.311 e. The summed E-state index contributed by atoms with van der Waals surface area (Å²) >= 11 is 2.10. The number of thiophene rings is 1. The number of fused-ring (bicyclic) bond motifs is 12. The van der Waals surface area contributed by atoms with Gasteiger partial charge in [0.2, 0.25) is 0 Å². The van der Waals surface area contributed by atoms with Crippen LogP contribution in [-0.4, -0.2) is 6.71 Å². The van der Waals surface area contributed by atoms with Gasteiger partial charge < -0.3 is 9.80 Å². The van der Waals surface area contributed by atoms with Crippen LogP contribution in [0, 0.1) is 6.92 Å². The Morgan fingerprint density at radius 1 is 0.500 bits per heavy atom. The van der Waals surface area contributed by atoms with Crippen LogP contribution in [0.2, 0.25) is 0 Å². The number of nitrogens with zero attached hydrogens (tertiary/aromatic N) is 2. The molecule has 72 heavy (non-hydrogen) atoms. The van der Waals surface area contributed by atoms with Gasteiger partial charge in [0.15, 0.2) is 0 Å². The van der Waals surface area contributed by atoms with Gasteiger partial charge >= 0.3 is 0 Å². The summed E-state index contributed by atoms with van der Waals surface area (Å²) in [6, 6.07) is 38.1. The quantitative estimate of drug-likeness (QED) is 0.159. The maximum Gasteiger partial charge on any atom is 0.264 e. The van der Waals surface area contributed by atoms with E-state index in [0.29, 0.717) is 0 Å². The first-order valence-electron chi connectivity index (χ1n) is 27.6. The molecule has 0 amide bonds. The highest BCUT2D eigenvalue weighted by atomic mass is 32.1. The first-order chi connectivity index (χ1) is 33.7. The van der Waals surface area contributed by atoms with Crippen LogP contribution in [0.15, 0.2) is 91.0 Å². The molecule has 0 saturated carbocycles. The van der Waals surface area contributed by atoms with Crippen molar-refractivity contribution in [2.75, 3.05) is 9.80 Å². The summed E-state index contributed by atoms with van der Waals surface area (Å²) in [7, 11) is 0. The fourth-order valence-corrected chi connectivity index (χ4v) is 16.2. The molecule has 0 atom stereocenters. The Bertz CT molecular complexity index is 3530. The van der Waals surface area contributed by atoms with E-state index in [0.717, 1.165) is 6.42 Å². The lowest BCUT2D eigenvalue weighted by Crippen LogP contribution is -2.61. The van der Waals surface area contributed by atoms with Crippen molar-refractivity contribution in [1.82, 2.24) is 0 Å². The monoisotopic (exact) mass is 965 g/mol. The zero-order valence-electron chi connectivity index (χ0n) is 46.5. The third-order valence-corrected chi connectivity index (χ3v) is 21.1. The maximum absolute atomic E-state index is 2.80. The van der Waals surface area contributed by atoms with E-state index < -0.39 is 0 Å². The predicted octanol–water partition coefficient (Wildman–Crippen LogP) is 17.2. The summed E-state index contributed by atoms with van der Waals surface area (Å²) in [5.74, 6) is 0. The van der Waals surface area contributed by atoms with Crippen molar-refractivity contribution >= 4 is 78.0 Å². The van der Waals surface area contributed by atoms with Crippen LogP contribution in [0.5, 0.6) is 0 Å². The Labute approximate surface area is 436 Å². The summed E-state index contributed by atoms with van der Waals surface area (Å²) in [6.07, 6.45) is 8.11. The molecule has 0 saturated heterocycles. The molecule has 6 aliphatic rings. The highest BCUT2D eigenvalue weighted by Crippen LogP contribution is 2.57. The Kier molecular flexibility index (Phi) is 9.48. The smallest absolute Gasteiger partial charge is 0.264 e. The largest absolute Gasteiger partial charge is 0.311 e. The molecular weight excluding hydrogens is 888 g/mol. The molecule has 1 aromatic heterocycles. The van der Waals surface area contributed by atoms with Crippen LogP contribution in [0.25, 0.3) is 21.2 Å². The lowest BCUT2D eigenvalue weighted by Gasteiger charge is -2.47. The summed E-state index contributed by atoms with van der Waals surface area (Å²) < 4.78 is 2.92. The van der Waals surface area contributed by atoms with Gasteiger partial charge in [-0.05, 0) is 210 Å².